The molecule has 60 heavy (non-hydrogen) atoms. The van der Waals surface area contributed by atoms with E-state index >= 15 is 0 Å². The smallest absolute Gasteiger partial charge is 0.250 e. The van der Waals surface area contributed by atoms with Gasteiger partial charge in [0.25, 0.3) is 0 Å². The van der Waals surface area contributed by atoms with E-state index in [-0.39, 0.29) is 35.7 Å². The number of hydrogen-bond donors (Lipinski definition) is 1. The molecule has 0 bridgehead atoms. The van der Waals surface area contributed by atoms with Gasteiger partial charge in [0.1, 0.15) is 16.1 Å². The highest BCUT2D eigenvalue weighted by Gasteiger charge is 2.38. The van der Waals surface area contributed by atoms with Gasteiger partial charge in [0.2, 0.25) is 17.7 Å². The summed E-state index contributed by atoms with van der Waals surface area (Å²) in [5, 5.41) is 5.10. The maximum Gasteiger partial charge on any atom is 0.250 e. The number of hydrogen-bond acceptors (Lipinski definition) is 8. The number of piperidine rings is 1. The Morgan fingerprint density at radius 2 is 1.13 bits per heavy atom. The van der Waals surface area contributed by atoms with Gasteiger partial charge in [-0.1, -0.05) is 109 Å². The first-order chi connectivity index (χ1) is 29.4. The standard InChI is InChI=1S/C49H50N6O3S2/c1-53-28-24-39(25-29-53)46(57)52-45(38-12-6-3-7-13-38)49(58)55-27-9-15-41(55)48-51-32-43(60-48)37-22-18-35(19-23-37)34-16-20-36(21-17-34)42-31-50-47(59-42)40-14-8-26-54(40)44(56)30-33-10-4-2-5-11-33/h2-7,10-13,16-23,31-32,39-41,45H,8-9,14-15,24-30H2,1H3,(H,52,57)/t40-,41-,45+/m0/s1. The van der Waals surface area contributed by atoms with Crippen molar-refractivity contribution in [3.05, 3.63) is 143 Å². The van der Waals surface area contributed by atoms with Crippen LogP contribution in [0, 0.1) is 5.92 Å². The van der Waals surface area contributed by atoms with Crippen LogP contribution < -0.4 is 5.32 Å². The summed E-state index contributed by atoms with van der Waals surface area (Å²) < 4.78 is 0. The predicted octanol–water partition coefficient (Wildman–Crippen LogP) is 9.37. The third-order valence-corrected chi connectivity index (χ3v) is 14.6. The second-order valence-electron chi connectivity index (χ2n) is 16.3. The van der Waals surface area contributed by atoms with E-state index in [0.717, 1.165) is 111 Å². The third-order valence-electron chi connectivity index (χ3n) is 12.4. The summed E-state index contributed by atoms with van der Waals surface area (Å²) in [6.45, 7) is 3.18. The monoisotopic (exact) mass is 834 g/mol. The van der Waals surface area contributed by atoms with E-state index in [1.54, 1.807) is 22.7 Å². The maximum atomic E-state index is 14.4. The molecule has 9 nitrogen and oxygen atoms in total. The molecule has 5 heterocycles. The first-order valence-electron chi connectivity index (χ1n) is 21.2. The summed E-state index contributed by atoms with van der Waals surface area (Å²) in [6, 6.07) is 36.0. The molecule has 4 aromatic carbocycles. The van der Waals surface area contributed by atoms with Crippen molar-refractivity contribution in [1.29, 1.82) is 0 Å². The molecule has 0 unspecified atom stereocenters. The Labute approximate surface area is 360 Å². The number of benzene rings is 4. The fourth-order valence-electron chi connectivity index (χ4n) is 8.92. The summed E-state index contributed by atoms with van der Waals surface area (Å²) in [6.07, 6.45) is 9.56. The zero-order valence-electron chi connectivity index (χ0n) is 33.9. The van der Waals surface area contributed by atoms with Crippen LogP contribution in [0.4, 0.5) is 0 Å². The Morgan fingerprint density at radius 1 is 0.633 bits per heavy atom. The third kappa shape index (κ3) is 8.71. The molecule has 11 heteroatoms. The molecule has 3 amide bonds. The first kappa shape index (κ1) is 39.9. The number of thiazole rings is 2. The van der Waals surface area contributed by atoms with Crippen molar-refractivity contribution in [3.63, 3.8) is 0 Å². The second kappa shape index (κ2) is 18.0. The van der Waals surface area contributed by atoms with E-state index in [0.29, 0.717) is 13.0 Å². The topological polar surface area (TPSA) is 98.7 Å². The summed E-state index contributed by atoms with van der Waals surface area (Å²) in [5.74, 6) is -0.0263. The van der Waals surface area contributed by atoms with Crippen LogP contribution >= 0.6 is 22.7 Å². The lowest BCUT2D eigenvalue weighted by molar-refractivity contribution is -0.138. The number of amides is 3. The molecule has 2 aromatic heterocycles. The molecule has 9 rings (SSSR count). The molecule has 3 fully saturated rings. The second-order valence-corrected chi connectivity index (χ2v) is 18.4. The quantitative estimate of drug-likeness (QED) is 0.140. The van der Waals surface area contributed by atoms with E-state index < -0.39 is 6.04 Å². The van der Waals surface area contributed by atoms with Crippen LogP contribution in [0.5, 0.6) is 0 Å². The van der Waals surface area contributed by atoms with Gasteiger partial charge in [-0.05, 0) is 92.0 Å². The van der Waals surface area contributed by atoms with Gasteiger partial charge in [-0.2, -0.15) is 0 Å². The Hall–Kier alpha value is -5.49. The van der Waals surface area contributed by atoms with Crippen LogP contribution in [-0.2, 0) is 20.8 Å². The van der Waals surface area contributed by atoms with Crippen LogP contribution in [0.25, 0.3) is 32.0 Å². The van der Waals surface area contributed by atoms with Crippen molar-refractivity contribution in [2.45, 2.75) is 63.1 Å². The van der Waals surface area contributed by atoms with Crippen LogP contribution in [0.15, 0.2) is 122 Å². The van der Waals surface area contributed by atoms with Crippen molar-refractivity contribution >= 4 is 40.4 Å². The summed E-state index contributed by atoms with van der Waals surface area (Å²) >= 11 is 3.32. The molecule has 0 radical (unpaired) electrons. The number of aromatic nitrogens is 2. The SMILES string of the molecule is CN1CCC(C(=O)N[C@@H](C(=O)N2CCC[C@H]2c2ncc(-c3ccc(-c4ccc(-c5cnc([C@@H]6CCCN6C(=O)Cc6ccccc6)s5)cc4)cc3)s2)c2ccccc2)CC1. The normalized spacial score (nSPS) is 19.1. The number of likely N-dealkylation sites (tertiary alicyclic amines) is 3. The van der Waals surface area contributed by atoms with Gasteiger partial charge in [-0.25, -0.2) is 9.97 Å². The lowest BCUT2D eigenvalue weighted by Crippen LogP contribution is -2.46. The Morgan fingerprint density at radius 3 is 1.70 bits per heavy atom. The fraction of sp³-hybridized carbons (Fsp3) is 0.327. The van der Waals surface area contributed by atoms with Gasteiger partial charge in [0.05, 0.1) is 28.3 Å². The van der Waals surface area contributed by atoms with E-state index in [9.17, 15) is 14.4 Å². The van der Waals surface area contributed by atoms with Crippen molar-refractivity contribution in [1.82, 2.24) is 30.0 Å². The van der Waals surface area contributed by atoms with Gasteiger partial charge < -0.3 is 20.0 Å². The minimum atomic E-state index is -0.732. The largest absolute Gasteiger partial charge is 0.340 e. The van der Waals surface area contributed by atoms with E-state index in [2.05, 4.69) is 65.8 Å². The molecule has 6 aromatic rings. The molecule has 3 atom stereocenters. The minimum absolute atomic E-state index is 0.0342. The van der Waals surface area contributed by atoms with E-state index in [1.807, 2.05) is 82.9 Å². The van der Waals surface area contributed by atoms with Gasteiger partial charge in [-0.15, -0.1) is 22.7 Å². The molecular formula is C49H50N6O3S2. The molecular weight excluding hydrogens is 785 g/mol. The fourth-order valence-corrected chi connectivity index (χ4v) is 11.1. The number of carbonyl (C=O) groups is 3. The van der Waals surface area contributed by atoms with Gasteiger partial charge >= 0.3 is 0 Å². The van der Waals surface area contributed by atoms with Crippen molar-refractivity contribution in [3.8, 4) is 32.0 Å². The van der Waals surface area contributed by atoms with Crippen LogP contribution in [-0.4, -0.2) is 75.6 Å². The molecule has 0 aliphatic carbocycles. The zero-order valence-corrected chi connectivity index (χ0v) is 35.5. The number of nitrogens with one attached hydrogen (secondary N) is 1. The highest BCUT2D eigenvalue weighted by Crippen LogP contribution is 2.40. The van der Waals surface area contributed by atoms with E-state index in [4.69, 9.17) is 9.97 Å². The molecule has 0 spiro atoms. The average molecular weight is 835 g/mol. The summed E-state index contributed by atoms with van der Waals surface area (Å²) in [4.78, 5) is 59.1. The van der Waals surface area contributed by atoms with Crippen LogP contribution in [0.2, 0.25) is 0 Å². The molecule has 3 aliphatic rings. The van der Waals surface area contributed by atoms with Gasteiger partial charge in [-0.3, -0.25) is 14.4 Å². The molecule has 0 saturated carbocycles. The number of carbonyl (C=O) groups excluding carboxylic acids is 3. The Balaban J connectivity index is 0.847. The molecule has 306 valence electrons. The number of rotatable bonds is 11. The lowest BCUT2D eigenvalue weighted by Gasteiger charge is -2.32. The van der Waals surface area contributed by atoms with E-state index in [1.165, 1.54) is 0 Å². The molecule has 1 N–H and O–H groups in total. The van der Waals surface area contributed by atoms with Crippen molar-refractivity contribution in [2.24, 2.45) is 5.92 Å². The summed E-state index contributed by atoms with van der Waals surface area (Å²) in [7, 11) is 2.08. The van der Waals surface area contributed by atoms with Crippen molar-refractivity contribution < 1.29 is 14.4 Å². The highest BCUT2D eigenvalue weighted by atomic mass is 32.1. The lowest BCUT2D eigenvalue weighted by atomic mass is 9.95. The number of nitrogens with zero attached hydrogens (tertiary/aromatic N) is 5. The van der Waals surface area contributed by atoms with Crippen LogP contribution in [0.3, 0.4) is 0 Å². The van der Waals surface area contributed by atoms with Crippen molar-refractivity contribution in [2.75, 3.05) is 33.2 Å². The minimum Gasteiger partial charge on any atom is -0.340 e. The Bertz CT molecular complexity index is 2410. The molecule has 3 aliphatic heterocycles. The van der Waals surface area contributed by atoms with Gasteiger partial charge in [0.15, 0.2) is 0 Å². The first-order valence-corrected chi connectivity index (χ1v) is 22.8. The van der Waals surface area contributed by atoms with Crippen LogP contribution in [0.1, 0.15) is 77.8 Å². The zero-order chi connectivity index (χ0) is 41.0. The summed E-state index contributed by atoms with van der Waals surface area (Å²) in [5.41, 5.74) is 6.31. The average Bonchev–Trinajstić information content (AvgIpc) is 4.14. The highest BCUT2D eigenvalue weighted by molar-refractivity contribution is 7.15. The van der Waals surface area contributed by atoms with Gasteiger partial charge in [0, 0.05) is 31.4 Å². The molecule has 3 saturated heterocycles. The Kier molecular flexibility index (Phi) is 12.0. The predicted molar refractivity (Wildman–Crippen MR) is 239 cm³/mol. The maximum absolute atomic E-state index is 14.4.